The lowest BCUT2D eigenvalue weighted by Crippen LogP contribution is -2.21. The smallest absolute Gasteiger partial charge is 0.414 e. The Labute approximate surface area is 195 Å². The number of benzene rings is 2. The second kappa shape index (κ2) is 14.2. The molecule has 7 heteroatoms. The Hall–Kier alpha value is -3.06. The van der Waals surface area contributed by atoms with E-state index in [1.807, 2.05) is 6.07 Å². The van der Waals surface area contributed by atoms with E-state index in [0.717, 1.165) is 31.0 Å². The maximum atomic E-state index is 9.10. The van der Waals surface area contributed by atoms with Gasteiger partial charge in [-0.1, -0.05) is 44.2 Å². The number of hydrogen-bond donors (Lipinski definition) is 3. The number of carboxylic acids is 2. The lowest BCUT2D eigenvalue weighted by Gasteiger charge is -2.15. The highest BCUT2D eigenvalue weighted by Gasteiger charge is 2.16. The number of ether oxygens (including phenoxy) is 2. The second-order valence-corrected chi connectivity index (χ2v) is 8.51. The highest BCUT2D eigenvalue weighted by Crippen LogP contribution is 2.24. The van der Waals surface area contributed by atoms with E-state index in [0.29, 0.717) is 18.6 Å². The van der Waals surface area contributed by atoms with Crippen LogP contribution in [0.2, 0.25) is 0 Å². The van der Waals surface area contributed by atoms with Gasteiger partial charge in [-0.25, -0.2) is 9.59 Å². The quantitative estimate of drug-likeness (QED) is 0.356. The van der Waals surface area contributed by atoms with Gasteiger partial charge in [0.05, 0.1) is 6.10 Å². The van der Waals surface area contributed by atoms with Crippen LogP contribution in [0.3, 0.4) is 0 Å². The fraction of sp³-hybridized carbons (Fsp3) is 0.462. The zero-order valence-electron chi connectivity index (χ0n) is 19.5. The number of aliphatic carboxylic acids is 2. The summed E-state index contributed by atoms with van der Waals surface area (Å²) in [5, 5.41) is 18.3. The average molecular weight is 458 g/mol. The van der Waals surface area contributed by atoms with Gasteiger partial charge < -0.3 is 25.0 Å². The molecule has 1 aliphatic carbocycles. The van der Waals surface area contributed by atoms with Crippen molar-refractivity contribution in [2.45, 2.75) is 58.6 Å². The lowest BCUT2D eigenvalue weighted by atomic mass is 10.0. The Balaban J connectivity index is 0.000000569. The largest absolute Gasteiger partial charge is 0.492 e. The third-order valence-corrected chi connectivity index (χ3v) is 5.15. The molecular weight excluding hydrogens is 422 g/mol. The average Bonchev–Trinajstić information content (AvgIpc) is 3.28. The van der Waals surface area contributed by atoms with Crippen molar-refractivity contribution >= 4 is 11.9 Å². The summed E-state index contributed by atoms with van der Waals surface area (Å²) in [6.07, 6.45) is 6.44. The van der Waals surface area contributed by atoms with Crippen molar-refractivity contribution in [2.24, 2.45) is 5.92 Å². The molecule has 0 amide bonds. The maximum Gasteiger partial charge on any atom is 0.414 e. The fourth-order valence-corrected chi connectivity index (χ4v) is 3.65. The van der Waals surface area contributed by atoms with Crippen molar-refractivity contribution in [3.63, 3.8) is 0 Å². The van der Waals surface area contributed by atoms with Gasteiger partial charge in [0.2, 0.25) is 0 Å². The first kappa shape index (κ1) is 26.2. The molecule has 1 fully saturated rings. The predicted octanol–water partition coefficient (Wildman–Crippen LogP) is 4.53. The first-order chi connectivity index (χ1) is 15.8. The highest BCUT2D eigenvalue weighted by molar-refractivity contribution is 6.27. The van der Waals surface area contributed by atoms with Gasteiger partial charge >= 0.3 is 11.9 Å². The molecule has 0 heterocycles. The van der Waals surface area contributed by atoms with E-state index in [-0.39, 0.29) is 0 Å². The van der Waals surface area contributed by atoms with Crippen molar-refractivity contribution < 1.29 is 29.3 Å². The van der Waals surface area contributed by atoms with Crippen LogP contribution in [0.1, 0.15) is 50.7 Å². The molecule has 3 rings (SSSR count). The van der Waals surface area contributed by atoms with Gasteiger partial charge in [-0.05, 0) is 67.3 Å². The summed E-state index contributed by atoms with van der Waals surface area (Å²) >= 11 is 0. The Bertz CT molecular complexity index is 865. The van der Waals surface area contributed by atoms with Crippen LogP contribution in [-0.4, -0.2) is 41.4 Å². The number of para-hydroxylation sites is 1. The van der Waals surface area contributed by atoms with Crippen LogP contribution in [-0.2, 0) is 22.6 Å². The summed E-state index contributed by atoms with van der Waals surface area (Å²) in [6, 6.07) is 16.8. The van der Waals surface area contributed by atoms with Gasteiger partial charge in [-0.3, -0.25) is 0 Å². The summed E-state index contributed by atoms with van der Waals surface area (Å²) < 4.78 is 12.1. The van der Waals surface area contributed by atoms with Crippen molar-refractivity contribution in [1.82, 2.24) is 5.32 Å². The summed E-state index contributed by atoms with van der Waals surface area (Å²) in [5.74, 6) is -1.00. The topological polar surface area (TPSA) is 105 Å². The number of hydrogen-bond acceptors (Lipinski definition) is 5. The number of rotatable bonds is 10. The summed E-state index contributed by atoms with van der Waals surface area (Å²) in [6.45, 7) is 6.81. The van der Waals surface area contributed by atoms with Crippen molar-refractivity contribution in [2.75, 3.05) is 13.2 Å². The van der Waals surface area contributed by atoms with E-state index in [2.05, 4.69) is 61.6 Å². The zero-order chi connectivity index (χ0) is 24.1. The number of nitrogens with one attached hydrogen (secondary N) is 1. The minimum absolute atomic E-state index is 0.410. The van der Waals surface area contributed by atoms with E-state index in [1.54, 1.807) is 0 Å². The molecule has 0 spiro atoms. The maximum absolute atomic E-state index is 9.10. The Morgan fingerprint density at radius 2 is 1.73 bits per heavy atom. The van der Waals surface area contributed by atoms with Crippen LogP contribution < -0.4 is 14.8 Å². The molecule has 0 saturated heterocycles. The summed E-state index contributed by atoms with van der Waals surface area (Å²) in [7, 11) is 0. The van der Waals surface area contributed by atoms with Crippen molar-refractivity contribution in [1.29, 1.82) is 0 Å². The van der Waals surface area contributed by atoms with Gasteiger partial charge in [0.1, 0.15) is 18.1 Å². The summed E-state index contributed by atoms with van der Waals surface area (Å²) in [4.78, 5) is 18.2. The van der Waals surface area contributed by atoms with Crippen LogP contribution in [0.25, 0.3) is 0 Å². The number of carboxylic acid groups (broad SMARTS) is 2. The minimum Gasteiger partial charge on any atom is -0.492 e. The van der Waals surface area contributed by atoms with Crippen LogP contribution in [0.15, 0.2) is 48.5 Å². The zero-order valence-corrected chi connectivity index (χ0v) is 19.5. The van der Waals surface area contributed by atoms with Crippen molar-refractivity contribution in [3.8, 4) is 11.5 Å². The van der Waals surface area contributed by atoms with Gasteiger partial charge in [0, 0.05) is 13.1 Å². The van der Waals surface area contributed by atoms with Gasteiger partial charge in [-0.15, -0.1) is 0 Å². The molecule has 0 unspecified atom stereocenters. The normalized spacial score (nSPS) is 13.3. The fourth-order valence-electron chi connectivity index (χ4n) is 3.65. The molecule has 0 atom stereocenters. The Kier molecular flexibility index (Phi) is 11.2. The molecule has 2 aromatic carbocycles. The first-order valence-electron chi connectivity index (χ1n) is 11.5. The SMILES string of the molecule is CC(C)Cc1ccccc1OCCNCc1cccc(OC2CCCC2)c1.O=C(O)C(=O)O. The molecule has 0 aromatic heterocycles. The highest BCUT2D eigenvalue weighted by atomic mass is 16.5. The van der Waals surface area contributed by atoms with E-state index in [1.165, 1.54) is 36.8 Å². The van der Waals surface area contributed by atoms with Crippen LogP contribution >= 0.6 is 0 Å². The first-order valence-corrected chi connectivity index (χ1v) is 11.5. The predicted molar refractivity (Wildman–Crippen MR) is 127 cm³/mol. The molecule has 0 radical (unpaired) electrons. The van der Waals surface area contributed by atoms with E-state index in [4.69, 9.17) is 29.3 Å². The molecule has 180 valence electrons. The molecule has 3 N–H and O–H groups in total. The molecule has 1 saturated carbocycles. The Morgan fingerprint density at radius 1 is 1.03 bits per heavy atom. The third kappa shape index (κ3) is 10.4. The molecule has 0 bridgehead atoms. The molecule has 7 nitrogen and oxygen atoms in total. The van der Waals surface area contributed by atoms with Crippen LogP contribution in [0.5, 0.6) is 11.5 Å². The van der Waals surface area contributed by atoms with Crippen molar-refractivity contribution in [3.05, 3.63) is 59.7 Å². The molecule has 0 aliphatic heterocycles. The van der Waals surface area contributed by atoms with Crippen LogP contribution in [0, 0.1) is 5.92 Å². The minimum atomic E-state index is -1.82. The van der Waals surface area contributed by atoms with Gasteiger partial charge in [-0.2, -0.15) is 0 Å². The number of carbonyl (C=O) groups is 2. The van der Waals surface area contributed by atoms with E-state index in [9.17, 15) is 0 Å². The second-order valence-electron chi connectivity index (χ2n) is 8.51. The lowest BCUT2D eigenvalue weighted by molar-refractivity contribution is -0.159. The van der Waals surface area contributed by atoms with Crippen LogP contribution in [0.4, 0.5) is 0 Å². The monoisotopic (exact) mass is 457 g/mol. The molecule has 1 aliphatic rings. The Morgan fingerprint density at radius 3 is 2.39 bits per heavy atom. The third-order valence-electron chi connectivity index (χ3n) is 5.15. The molecule has 2 aromatic rings. The van der Waals surface area contributed by atoms with E-state index < -0.39 is 11.9 Å². The summed E-state index contributed by atoms with van der Waals surface area (Å²) in [5.41, 5.74) is 2.55. The molecular formula is C26H35NO6. The van der Waals surface area contributed by atoms with E-state index >= 15 is 0 Å². The van der Waals surface area contributed by atoms with Gasteiger partial charge in [0.15, 0.2) is 0 Å². The van der Waals surface area contributed by atoms with Gasteiger partial charge in [0.25, 0.3) is 0 Å². The standard InChI is InChI=1S/C24H33NO2.C2H2O4/c1-19(2)16-21-9-3-6-13-24(21)26-15-14-25-18-20-8-7-12-23(17-20)27-22-10-4-5-11-22;3-1(4)2(5)6/h3,6-9,12-13,17,19,22,25H,4-5,10-11,14-16,18H2,1-2H3;(H,3,4)(H,5,6). The molecule has 33 heavy (non-hydrogen) atoms.